The van der Waals surface area contributed by atoms with Crippen molar-refractivity contribution in [3.8, 4) is 0 Å². The van der Waals surface area contributed by atoms with Gasteiger partial charge < -0.3 is 11.1 Å². The lowest BCUT2D eigenvalue weighted by Crippen LogP contribution is -2.38. The van der Waals surface area contributed by atoms with Gasteiger partial charge in [0.1, 0.15) is 11.9 Å². The molecule has 0 unspecified atom stereocenters. The molecule has 0 saturated heterocycles. The summed E-state index contributed by atoms with van der Waals surface area (Å²) in [6.07, 6.45) is 0. The van der Waals surface area contributed by atoms with Crippen molar-refractivity contribution in [3.05, 3.63) is 35.9 Å². The molecular formula is C10H11ClN2O2. The van der Waals surface area contributed by atoms with Gasteiger partial charge in [0.05, 0.1) is 0 Å². The number of benzene rings is 1. The van der Waals surface area contributed by atoms with E-state index in [0.29, 0.717) is 5.56 Å². The lowest BCUT2D eigenvalue weighted by Gasteiger charge is -2.14. The SMILES string of the molecule is NC(=O)[C@H](NC(=O)CCl)c1ccccc1. The fourth-order valence-electron chi connectivity index (χ4n) is 1.16. The van der Waals surface area contributed by atoms with Crippen molar-refractivity contribution < 1.29 is 9.59 Å². The van der Waals surface area contributed by atoms with Crippen LogP contribution in [0.4, 0.5) is 0 Å². The molecule has 0 heterocycles. The summed E-state index contributed by atoms with van der Waals surface area (Å²) in [7, 11) is 0. The van der Waals surface area contributed by atoms with Crippen molar-refractivity contribution in [2.45, 2.75) is 6.04 Å². The van der Waals surface area contributed by atoms with Crippen LogP contribution in [-0.4, -0.2) is 17.7 Å². The molecule has 4 nitrogen and oxygen atoms in total. The summed E-state index contributed by atoms with van der Waals surface area (Å²) in [6, 6.07) is 7.94. The van der Waals surface area contributed by atoms with Gasteiger partial charge in [-0.1, -0.05) is 30.3 Å². The van der Waals surface area contributed by atoms with Crippen molar-refractivity contribution in [1.82, 2.24) is 5.32 Å². The summed E-state index contributed by atoms with van der Waals surface area (Å²) in [4.78, 5) is 22.2. The van der Waals surface area contributed by atoms with E-state index in [9.17, 15) is 9.59 Å². The fraction of sp³-hybridized carbons (Fsp3) is 0.200. The summed E-state index contributed by atoms with van der Waals surface area (Å²) in [5, 5.41) is 2.44. The second-order valence-electron chi connectivity index (χ2n) is 2.95. The average Bonchev–Trinajstić information content (AvgIpc) is 2.26. The molecule has 0 fully saturated rings. The Morgan fingerprint density at radius 3 is 2.40 bits per heavy atom. The number of halogens is 1. The predicted molar refractivity (Wildman–Crippen MR) is 57.2 cm³/mol. The van der Waals surface area contributed by atoms with Crippen LogP contribution in [0.5, 0.6) is 0 Å². The van der Waals surface area contributed by atoms with Crippen LogP contribution in [0.25, 0.3) is 0 Å². The van der Waals surface area contributed by atoms with E-state index in [4.69, 9.17) is 17.3 Å². The van der Waals surface area contributed by atoms with Crippen LogP contribution >= 0.6 is 11.6 Å². The summed E-state index contributed by atoms with van der Waals surface area (Å²) in [5.74, 6) is -1.24. The second kappa shape index (κ2) is 5.36. The molecule has 0 aliphatic carbocycles. The highest BCUT2D eigenvalue weighted by Crippen LogP contribution is 2.11. The van der Waals surface area contributed by atoms with Crippen molar-refractivity contribution in [2.75, 3.05) is 5.88 Å². The minimum Gasteiger partial charge on any atom is -0.368 e. The summed E-state index contributed by atoms with van der Waals surface area (Å²) in [5.41, 5.74) is 5.82. The number of nitrogens with two attached hydrogens (primary N) is 1. The number of primary amides is 1. The highest BCUT2D eigenvalue weighted by Gasteiger charge is 2.18. The van der Waals surface area contributed by atoms with Gasteiger partial charge in [0.2, 0.25) is 11.8 Å². The number of alkyl halides is 1. The second-order valence-corrected chi connectivity index (χ2v) is 3.21. The standard InChI is InChI=1S/C10H11ClN2O2/c11-6-8(14)13-9(10(12)15)7-4-2-1-3-5-7/h1-5,9H,6H2,(H2,12,15)(H,13,14)/t9-/m1/s1. The molecule has 1 atom stereocenters. The quantitative estimate of drug-likeness (QED) is 0.737. The Labute approximate surface area is 92.4 Å². The van der Waals surface area contributed by atoms with Gasteiger partial charge in [0.25, 0.3) is 0 Å². The summed E-state index contributed by atoms with van der Waals surface area (Å²) in [6.45, 7) is 0. The first-order valence-corrected chi connectivity index (χ1v) is 4.88. The van der Waals surface area contributed by atoms with E-state index in [1.165, 1.54) is 0 Å². The largest absolute Gasteiger partial charge is 0.368 e. The molecule has 0 aliphatic rings. The number of carbonyl (C=O) groups excluding carboxylic acids is 2. The molecule has 0 aliphatic heterocycles. The van der Waals surface area contributed by atoms with Gasteiger partial charge in [-0.15, -0.1) is 11.6 Å². The third-order valence-electron chi connectivity index (χ3n) is 1.84. The Hall–Kier alpha value is -1.55. The predicted octanol–water partition coefficient (Wildman–Crippen LogP) is 0.568. The van der Waals surface area contributed by atoms with E-state index in [1.54, 1.807) is 24.3 Å². The number of nitrogens with one attached hydrogen (secondary N) is 1. The molecule has 1 aromatic rings. The molecule has 0 saturated carbocycles. The smallest absolute Gasteiger partial charge is 0.244 e. The molecule has 5 heteroatoms. The van der Waals surface area contributed by atoms with Gasteiger partial charge in [0, 0.05) is 0 Å². The van der Waals surface area contributed by atoms with Crippen LogP contribution in [0.15, 0.2) is 30.3 Å². The Morgan fingerprint density at radius 1 is 1.33 bits per heavy atom. The molecule has 15 heavy (non-hydrogen) atoms. The highest BCUT2D eigenvalue weighted by atomic mass is 35.5. The molecular weight excluding hydrogens is 216 g/mol. The molecule has 0 bridgehead atoms. The molecule has 0 spiro atoms. The number of hydrogen-bond acceptors (Lipinski definition) is 2. The molecule has 80 valence electrons. The number of rotatable bonds is 4. The fourth-order valence-corrected chi connectivity index (χ4v) is 1.24. The lowest BCUT2D eigenvalue weighted by atomic mass is 10.1. The van der Waals surface area contributed by atoms with Crippen molar-refractivity contribution in [2.24, 2.45) is 5.73 Å². The van der Waals surface area contributed by atoms with Crippen molar-refractivity contribution >= 4 is 23.4 Å². The number of hydrogen-bond donors (Lipinski definition) is 2. The Kier molecular flexibility index (Phi) is 4.12. The van der Waals surface area contributed by atoms with E-state index in [-0.39, 0.29) is 5.88 Å². The van der Waals surface area contributed by atoms with E-state index in [1.807, 2.05) is 6.07 Å². The van der Waals surface area contributed by atoms with Gasteiger partial charge in [-0.05, 0) is 5.56 Å². The Balaban J connectivity index is 2.84. The van der Waals surface area contributed by atoms with Gasteiger partial charge in [0.15, 0.2) is 0 Å². The maximum absolute atomic E-state index is 11.1. The third kappa shape index (κ3) is 3.25. The molecule has 1 aromatic carbocycles. The zero-order valence-electron chi connectivity index (χ0n) is 7.94. The molecule has 3 N–H and O–H groups in total. The van der Waals surface area contributed by atoms with Crippen molar-refractivity contribution in [3.63, 3.8) is 0 Å². The van der Waals surface area contributed by atoms with Crippen molar-refractivity contribution in [1.29, 1.82) is 0 Å². The average molecular weight is 227 g/mol. The zero-order valence-corrected chi connectivity index (χ0v) is 8.70. The topological polar surface area (TPSA) is 72.2 Å². The van der Waals surface area contributed by atoms with E-state index < -0.39 is 17.9 Å². The highest BCUT2D eigenvalue weighted by molar-refractivity contribution is 6.27. The first-order chi connectivity index (χ1) is 7.15. The minimum atomic E-state index is -0.822. The minimum absolute atomic E-state index is 0.198. The van der Waals surface area contributed by atoms with Gasteiger partial charge in [-0.3, -0.25) is 9.59 Å². The van der Waals surface area contributed by atoms with Crippen LogP contribution in [0.1, 0.15) is 11.6 Å². The van der Waals surface area contributed by atoms with Crippen LogP contribution < -0.4 is 11.1 Å². The van der Waals surface area contributed by atoms with Crippen LogP contribution in [0.2, 0.25) is 0 Å². The zero-order chi connectivity index (χ0) is 11.3. The monoisotopic (exact) mass is 226 g/mol. The maximum atomic E-state index is 11.1. The molecule has 0 aromatic heterocycles. The van der Waals surface area contributed by atoms with Gasteiger partial charge >= 0.3 is 0 Å². The first-order valence-electron chi connectivity index (χ1n) is 4.34. The van der Waals surface area contributed by atoms with E-state index in [0.717, 1.165) is 0 Å². The van der Waals surface area contributed by atoms with E-state index in [2.05, 4.69) is 5.32 Å². The van der Waals surface area contributed by atoms with E-state index >= 15 is 0 Å². The summed E-state index contributed by atoms with van der Waals surface area (Å²) < 4.78 is 0. The lowest BCUT2D eigenvalue weighted by molar-refractivity contribution is -0.126. The Bertz CT molecular complexity index is 354. The maximum Gasteiger partial charge on any atom is 0.244 e. The number of amides is 2. The number of carbonyl (C=O) groups is 2. The first kappa shape index (κ1) is 11.5. The third-order valence-corrected chi connectivity index (χ3v) is 2.09. The normalized spacial score (nSPS) is 11.8. The van der Waals surface area contributed by atoms with Crippen LogP contribution in [-0.2, 0) is 9.59 Å². The van der Waals surface area contributed by atoms with Gasteiger partial charge in [-0.2, -0.15) is 0 Å². The van der Waals surface area contributed by atoms with Crippen LogP contribution in [0, 0.1) is 0 Å². The Morgan fingerprint density at radius 2 is 1.93 bits per heavy atom. The summed E-state index contributed by atoms with van der Waals surface area (Å²) >= 11 is 5.32. The van der Waals surface area contributed by atoms with Gasteiger partial charge in [-0.25, -0.2) is 0 Å². The molecule has 2 amide bonds. The van der Waals surface area contributed by atoms with Crippen LogP contribution in [0.3, 0.4) is 0 Å². The molecule has 0 radical (unpaired) electrons. The molecule has 1 rings (SSSR count).